The lowest BCUT2D eigenvalue weighted by Crippen LogP contribution is -2.50. The fourth-order valence-electron chi connectivity index (χ4n) is 4.19. The average molecular weight is 392 g/mol. The molecule has 1 heterocycles. The third-order valence-electron chi connectivity index (χ3n) is 5.50. The molecule has 146 valence electrons. The molecular weight excluding hydrogens is 368 g/mol. The van der Waals surface area contributed by atoms with Crippen LogP contribution in [0.4, 0.5) is 5.69 Å². The summed E-state index contributed by atoms with van der Waals surface area (Å²) >= 11 is 1.24. The Morgan fingerprint density at radius 3 is 2.74 bits per heavy atom. The van der Waals surface area contributed by atoms with Gasteiger partial charge in [0.25, 0.3) is 11.6 Å². The predicted molar refractivity (Wildman–Crippen MR) is 102 cm³/mol. The van der Waals surface area contributed by atoms with Crippen LogP contribution in [0.15, 0.2) is 23.1 Å². The summed E-state index contributed by atoms with van der Waals surface area (Å²) < 4.78 is 5.17. The number of nitrogens with zero attached hydrogens (tertiary/aromatic N) is 2. The number of amides is 1. The maximum atomic E-state index is 12.6. The van der Waals surface area contributed by atoms with E-state index in [2.05, 4.69) is 0 Å². The van der Waals surface area contributed by atoms with E-state index < -0.39 is 10.9 Å². The van der Waals surface area contributed by atoms with Crippen LogP contribution in [0, 0.1) is 16.0 Å². The van der Waals surface area contributed by atoms with Crippen LogP contribution in [-0.4, -0.2) is 47.1 Å². The smallest absolute Gasteiger partial charge is 0.338 e. The fraction of sp³-hybridized carbons (Fsp3) is 0.579. The minimum absolute atomic E-state index is 0.0847. The summed E-state index contributed by atoms with van der Waals surface area (Å²) in [6, 6.07) is 4.49. The molecule has 3 rings (SSSR count). The first-order valence-electron chi connectivity index (χ1n) is 9.30. The average Bonchev–Trinajstić information content (AvgIpc) is 2.70. The molecule has 2 atom stereocenters. The van der Waals surface area contributed by atoms with Crippen LogP contribution < -0.4 is 0 Å². The van der Waals surface area contributed by atoms with Gasteiger partial charge in [-0.25, -0.2) is 4.79 Å². The SMILES string of the molecule is CSc1ccc(C(=O)OCC(=O)N2CCC[C@H]3CCCC[C@@H]32)cc1[N+](=O)[O-]. The number of fused-ring (bicyclic) bond motifs is 1. The Morgan fingerprint density at radius 2 is 2.00 bits per heavy atom. The van der Waals surface area contributed by atoms with Crippen molar-refractivity contribution in [1.82, 2.24) is 4.90 Å². The van der Waals surface area contributed by atoms with Crippen molar-refractivity contribution < 1.29 is 19.2 Å². The second kappa shape index (κ2) is 8.73. The largest absolute Gasteiger partial charge is 0.452 e. The number of rotatable bonds is 5. The predicted octanol–water partition coefficient (Wildman–Crippen LogP) is 3.65. The van der Waals surface area contributed by atoms with Crippen molar-refractivity contribution in [2.24, 2.45) is 5.92 Å². The summed E-state index contributed by atoms with van der Waals surface area (Å²) in [5, 5.41) is 11.1. The summed E-state index contributed by atoms with van der Waals surface area (Å²) in [7, 11) is 0. The van der Waals surface area contributed by atoms with E-state index in [0.29, 0.717) is 17.4 Å². The molecular formula is C19H24N2O5S. The highest BCUT2D eigenvalue weighted by molar-refractivity contribution is 7.98. The van der Waals surface area contributed by atoms with Gasteiger partial charge >= 0.3 is 5.97 Å². The van der Waals surface area contributed by atoms with Gasteiger partial charge in [0.1, 0.15) is 0 Å². The highest BCUT2D eigenvalue weighted by Gasteiger charge is 2.35. The molecule has 0 bridgehead atoms. The molecule has 0 spiro atoms. The highest BCUT2D eigenvalue weighted by atomic mass is 32.2. The van der Waals surface area contributed by atoms with Crippen molar-refractivity contribution in [3.05, 3.63) is 33.9 Å². The summed E-state index contributed by atoms with van der Waals surface area (Å²) in [4.78, 5) is 37.8. The molecule has 27 heavy (non-hydrogen) atoms. The molecule has 0 unspecified atom stereocenters. The standard InChI is InChI=1S/C19H24N2O5S/c1-27-17-9-8-14(11-16(17)21(24)25)19(23)26-12-18(22)20-10-4-6-13-5-2-3-7-15(13)20/h8-9,11,13,15H,2-7,10,12H2,1H3/t13-,15+/m1/s1. The van der Waals surface area contributed by atoms with Crippen LogP contribution in [0.1, 0.15) is 48.9 Å². The van der Waals surface area contributed by atoms with Crippen LogP contribution in [0.25, 0.3) is 0 Å². The van der Waals surface area contributed by atoms with Crippen molar-refractivity contribution >= 4 is 29.3 Å². The van der Waals surface area contributed by atoms with E-state index in [9.17, 15) is 19.7 Å². The monoisotopic (exact) mass is 392 g/mol. The zero-order chi connectivity index (χ0) is 19.4. The summed E-state index contributed by atoms with van der Waals surface area (Å²) in [6.45, 7) is 0.394. The van der Waals surface area contributed by atoms with Crippen LogP contribution in [-0.2, 0) is 9.53 Å². The van der Waals surface area contributed by atoms with Crippen molar-refractivity contribution in [3.63, 3.8) is 0 Å². The van der Waals surface area contributed by atoms with Crippen molar-refractivity contribution in [2.45, 2.75) is 49.5 Å². The van der Waals surface area contributed by atoms with Crippen LogP contribution >= 0.6 is 11.8 Å². The number of thioether (sulfide) groups is 1. The number of esters is 1. The number of ether oxygens (including phenoxy) is 1. The second-order valence-corrected chi connectivity index (χ2v) is 7.91. The topological polar surface area (TPSA) is 89.8 Å². The summed E-state index contributed by atoms with van der Waals surface area (Å²) in [5.74, 6) is -0.319. The number of likely N-dealkylation sites (tertiary alicyclic amines) is 1. The normalized spacial score (nSPS) is 22.0. The summed E-state index contributed by atoms with van der Waals surface area (Å²) in [5.41, 5.74) is -0.0501. The lowest BCUT2D eigenvalue weighted by atomic mass is 9.78. The number of benzene rings is 1. The van der Waals surface area contributed by atoms with E-state index in [0.717, 1.165) is 19.3 Å². The summed E-state index contributed by atoms with van der Waals surface area (Å²) in [6.07, 6.45) is 8.44. The second-order valence-electron chi connectivity index (χ2n) is 7.06. The van der Waals surface area contributed by atoms with Gasteiger partial charge in [-0.05, 0) is 50.0 Å². The number of carbonyl (C=O) groups excluding carboxylic acids is 2. The molecule has 1 aliphatic carbocycles. The van der Waals surface area contributed by atoms with Crippen LogP contribution in [0.2, 0.25) is 0 Å². The van der Waals surface area contributed by atoms with Gasteiger partial charge < -0.3 is 9.64 Å². The van der Waals surface area contributed by atoms with Crippen molar-refractivity contribution in [3.8, 4) is 0 Å². The third-order valence-corrected chi connectivity index (χ3v) is 6.29. The van der Waals surface area contributed by atoms with Gasteiger partial charge in [-0.2, -0.15) is 0 Å². The number of nitro groups is 1. The zero-order valence-corrected chi connectivity index (χ0v) is 16.2. The molecule has 1 amide bonds. The molecule has 2 aliphatic rings. The first-order chi connectivity index (χ1) is 13.0. The van der Waals surface area contributed by atoms with Gasteiger partial charge in [-0.3, -0.25) is 14.9 Å². The van der Waals surface area contributed by atoms with Crippen LogP contribution in [0.3, 0.4) is 0 Å². The highest BCUT2D eigenvalue weighted by Crippen LogP contribution is 2.35. The first kappa shape index (κ1) is 19.7. The number of piperidine rings is 1. The Hall–Kier alpha value is -2.09. The Balaban J connectivity index is 1.62. The molecule has 1 saturated heterocycles. The Morgan fingerprint density at radius 1 is 1.26 bits per heavy atom. The Bertz CT molecular complexity index is 737. The molecule has 2 fully saturated rings. The maximum Gasteiger partial charge on any atom is 0.338 e. The van der Waals surface area contributed by atoms with Gasteiger partial charge in [0, 0.05) is 18.7 Å². The maximum absolute atomic E-state index is 12.6. The Kier molecular flexibility index (Phi) is 6.36. The van der Waals surface area contributed by atoms with E-state index in [1.54, 1.807) is 6.26 Å². The molecule has 8 heteroatoms. The molecule has 1 aromatic rings. The van der Waals surface area contributed by atoms with Crippen molar-refractivity contribution in [1.29, 1.82) is 0 Å². The van der Waals surface area contributed by atoms with E-state index in [4.69, 9.17) is 4.74 Å². The van der Waals surface area contributed by atoms with E-state index in [1.807, 2.05) is 4.90 Å². The van der Waals surface area contributed by atoms with E-state index >= 15 is 0 Å². The number of hydrogen-bond donors (Lipinski definition) is 0. The fourth-order valence-corrected chi connectivity index (χ4v) is 4.73. The molecule has 1 saturated carbocycles. The van der Waals surface area contributed by atoms with Gasteiger partial charge in [-0.1, -0.05) is 12.8 Å². The molecule has 1 aliphatic heterocycles. The van der Waals surface area contributed by atoms with Gasteiger partial charge in [0.2, 0.25) is 0 Å². The molecule has 0 radical (unpaired) electrons. The number of carbonyl (C=O) groups is 2. The van der Waals surface area contributed by atoms with Gasteiger partial charge in [0.05, 0.1) is 15.4 Å². The number of hydrogen-bond acceptors (Lipinski definition) is 6. The number of nitro benzene ring substituents is 1. The Labute approximate surface area is 162 Å². The minimum atomic E-state index is -0.712. The molecule has 0 N–H and O–H groups in total. The van der Waals surface area contributed by atoms with Gasteiger partial charge in [0.15, 0.2) is 6.61 Å². The van der Waals surface area contributed by atoms with Gasteiger partial charge in [-0.15, -0.1) is 11.8 Å². The van der Waals surface area contributed by atoms with E-state index in [1.165, 1.54) is 49.2 Å². The lowest BCUT2D eigenvalue weighted by molar-refractivity contribution is -0.387. The molecule has 7 nitrogen and oxygen atoms in total. The quantitative estimate of drug-likeness (QED) is 0.329. The minimum Gasteiger partial charge on any atom is -0.452 e. The zero-order valence-electron chi connectivity index (χ0n) is 15.4. The van der Waals surface area contributed by atoms with Crippen molar-refractivity contribution in [2.75, 3.05) is 19.4 Å². The van der Waals surface area contributed by atoms with Crippen LogP contribution in [0.5, 0.6) is 0 Å². The third kappa shape index (κ3) is 4.43. The lowest BCUT2D eigenvalue weighted by Gasteiger charge is -2.44. The first-order valence-corrected chi connectivity index (χ1v) is 10.5. The van der Waals surface area contributed by atoms with E-state index in [-0.39, 0.29) is 29.8 Å². The molecule has 1 aromatic carbocycles. The molecule has 0 aromatic heterocycles.